The zero-order chi connectivity index (χ0) is 15.8. The van der Waals surface area contributed by atoms with Crippen molar-refractivity contribution in [2.45, 2.75) is 32.4 Å². The Morgan fingerprint density at radius 2 is 2.04 bits per heavy atom. The van der Waals surface area contributed by atoms with Crippen LogP contribution in [0.15, 0.2) is 24.8 Å². The summed E-state index contributed by atoms with van der Waals surface area (Å²) in [6, 6.07) is 0.417. The highest BCUT2D eigenvalue weighted by Crippen LogP contribution is 2.25. The minimum atomic E-state index is 0.217. The second-order valence-electron chi connectivity index (χ2n) is 6.52. The lowest BCUT2D eigenvalue weighted by Crippen LogP contribution is -2.48. The second kappa shape index (κ2) is 5.81. The van der Waals surface area contributed by atoms with E-state index < -0.39 is 0 Å². The molecule has 0 bridgehead atoms. The maximum Gasteiger partial charge on any atom is 0.227 e. The van der Waals surface area contributed by atoms with Crippen molar-refractivity contribution in [3.05, 3.63) is 30.4 Å². The first-order valence-electron chi connectivity index (χ1n) is 8.25. The molecule has 2 aliphatic rings. The van der Waals surface area contributed by atoms with Crippen molar-refractivity contribution in [1.29, 1.82) is 0 Å². The van der Waals surface area contributed by atoms with Gasteiger partial charge in [-0.05, 0) is 18.9 Å². The molecule has 7 nitrogen and oxygen atoms in total. The van der Waals surface area contributed by atoms with E-state index >= 15 is 0 Å². The summed E-state index contributed by atoms with van der Waals surface area (Å²) in [5, 5.41) is 8.76. The molecule has 23 heavy (non-hydrogen) atoms. The molecule has 2 fully saturated rings. The molecule has 0 aromatic carbocycles. The molecule has 0 atom stereocenters. The fraction of sp³-hybridized carbons (Fsp3) is 0.562. The molecule has 4 heterocycles. The molecule has 2 aromatic rings. The quantitative estimate of drug-likeness (QED) is 0.828. The Morgan fingerprint density at radius 3 is 2.74 bits per heavy atom. The maximum atomic E-state index is 11.8. The lowest BCUT2D eigenvalue weighted by molar-refractivity contribution is -0.117. The number of carbonyl (C=O) groups is 1. The van der Waals surface area contributed by atoms with Gasteiger partial charge in [0.15, 0.2) is 0 Å². The van der Waals surface area contributed by atoms with Crippen LogP contribution in [0.2, 0.25) is 0 Å². The molecule has 0 radical (unpaired) electrons. The highest BCUT2D eigenvalue weighted by molar-refractivity contribution is 5.95. The van der Waals surface area contributed by atoms with E-state index in [1.807, 2.05) is 32.9 Å². The van der Waals surface area contributed by atoms with Crippen LogP contribution in [0.5, 0.6) is 0 Å². The van der Waals surface area contributed by atoms with Crippen LogP contribution in [-0.4, -0.2) is 56.5 Å². The molecule has 7 heteroatoms. The predicted molar refractivity (Wildman–Crippen MR) is 86.3 cm³/mol. The monoisotopic (exact) mass is 314 g/mol. The van der Waals surface area contributed by atoms with Crippen molar-refractivity contribution in [2.75, 3.05) is 31.1 Å². The highest BCUT2D eigenvalue weighted by atomic mass is 16.2. The van der Waals surface area contributed by atoms with Gasteiger partial charge in [0.25, 0.3) is 0 Å². The molecule has 4 rings (SSSR count). The Labute approximate surface area is 135 Å². The molecular formula is C16H22N6O. The standard InChI is InChI=1S/C16H22N6O/c1-13-7-17-20(9-13)6-5-19-10-15(11-19)22-12-14(8-18-22)21-4-2-3-16(21)23/h7-9,12,15H,2-6,10-11H2,1H3. The van der Waals surface area contributed by atoms with E-state index in [9.17, 15) is 4.79 Å². The fourth-order valence-electron chi connectivity index (χ4n) is 3.31. The van der Waals surface area contributed by atoms with E-state index in [2.05, 4.69) is 28.2 Å². The van der Waals surface area contributed by atoms with Gasteiger partial charge in [0.2, 0.25) is 5.91 Å². The SMILES string of the molecule is Cc1cnn(CCN2CC(n3cc(N4CCCC4=O)cn3)C2)c1. The second-order valence-corrected chi connectivity index (χ2v) is 6.52. The number of likely N-dealkylation sites (tertiary alicyclic amines) is 1. The Morgan fingerprint density at radius 1 is 1.17 bits per heavy atom. The van der Waals surface area contributed by atoms with Gasteiger partial charge in [-0.15, -0.1) is 0 Å². The zero-order valence-corrected chi connectivity index (χ0v) is 13.4. The third-order valence-corrected chi connectivity index (χ3v) is 4.69. The topological polar surface area (TPSA) is 59.2 Å². The van der Waals surface area contributed by atoms with Crippen molar-refractivity contribution in [3.8, 4) is 0 Å². The molecule has 0 aliphatic carbocycles. The molecule has 0 unspecified atom stereocenters. The van der Waals surface area contributed by atoms with Crippen LogP contribution < -0.4 is 4.90 Å². The minimum absolute atomic E-state index is 0.217. The summed E-state index contributed by atoms with van der Waals surface area (Å²) in [4.78, 5) is 16.0. The van der Waals surface area contributed by atoms with Crippen LogP contribution in [0, 0.1) is 6.92 Å². The van der Waals surface area contributed by atoms with E-state index in [-0.39, 0.29) is 5.91 Å². The molecule has 1 amide bonds. The molecular weight excluding hydrogens is 292 g/mol. The van der Waals surface area contributed by atoms with Gasteiger partial charge in [0.05, 0.1) is 30.7 Å². The van der Waals surface area contributed by atoms with Gasteiger partial charge in [0, 0.05) is 45.0 Å². The number of aryl methyl sites for hydroxylation is 1. The first-order chi connectivity index (χ1) is 11.2. The average Bonchev–Trinajstić information content (AvgIpc) is 3.19. The van der Waals surface area contributed by atoms with E-state index in [1.165, 1.54) is 5.56 Å². The molecule has 0 N–H and O–H groups in total. The van der Waals surface area contributed by atoms with Gasteiger partial charge >= 0.3 is 0 Å². The average molecular weight is 314 g/mol. The molecule has 2 saturated heterocycles. The lowest BCUT2D eigenvalue weighted by atomic mass is 10.1. The summed E-state index contributed by atoms with van der Waals surface area (Å²) in [7, 11) is 0. The van der Waals surface area contributed by atoms with Gasteiger partial charge in [-0.3, -0.25) is 19.1 Å². The maximum absolute atomic E-state index is 11.8. The first kappa shape index (κ1) is 14.4. The van der Waals surface area contributed by atoms with Gasteiger partial charge in [-0.25, -0.2) is 0 Å². The normalized spacial score (nSPS) is 19.5. The Balaban J connectivity index is 1.28. The molecule has 0 saturated carbocycles. The third kappa shape index (κ3) is 2.88. The van der Waals surface area contributed by atoms with Crippen LogP contribution in [0.1, 0.15) is 24.4 Å². The minimum Gasteiger partial charge on any atom is -0.309 e. The van der Waals surface area contributed by atoms with Crippen molar-refractivity contribution >= 4 is 11.6 Å². The van der Waals surface area contributed by atoms with Crippen LogP contribution in [-0.2, 0) is 11.3 Å². The van der Waals surface area contributed by atoms with E-state index in [0.717, 1.165) is 44.8 Å². The highest BCUT2D eigenvalue weighted by Gasteiger charge is 2.30. The van der Waals surface area contributed by atoms with Crippen molar-refractivity contribution in [1.82, 2.24) is 24.5 Å². The number of hydrogen-bond acceptors (Lipinski definition) is 4. The van der Waals surface area contributed by atoms with Gasteiger partial charge in [-0.1, -0.05) is 0 Å². The molecule has 122 valence electrons. The van der Waals surface area contributed by atoms with Gasteiger partial charge < -0.3 is 4.90 Å². The Bertz CT molecular complexity index is 699. The summed E-state index contributed by atoms with van der Waals surface area (Å²) in [6.45, 7) is 6.84. The Hall–Kier alpha value is -2.15. The number of carbonyl (C=O) groups excluding carboxylic acids is 1. The van der Waals surface area contributed by atoms with E-state index in [4.69, 9.17) is 0 Å². The largest absolute Gasteiger partial charge is 0.309 e. The summed E-state index contributed by atoms with van der Waals surface area (Å²) < 4.78 is 4.00. The number of aromatic nitrogens is 4. The summed E-state index contributed by atoms with van der Waals surface area (Å²) >= 11 is 0. The fourth-order valence-corrected chi connectivity index (χ4v) is 3.31. The van der Waals surface area contributed by atoms with Crippen molar-refractivity contribution in [2.24, 2.45) is 0 Å². The summed E-state index contributed by atoms with van der Waals surface area (Å²) in [5.41, 5.74) is 2.14. The van der Waals surface area contributed by atoms with E-state index in [0.29, 0.717) is 12.5 Å². The van der Waals surface area contributed by atoms with Gasteiger partial charge in [-0.2, -0.15) is 10.2 Å². The molecule has 0 spiro atoms. The number of hydrogen-bond donors (Lipinski definition) is 0. The summed E-state index contributed by atoms with van der Waals surface area (Å²) in [6.07, 6.45) is 9.41. The third-order valence-electron chi connectivity index (χ3n) is 4.69. The number of anilines is 1. The zero-order valence-electron chi connectivity index (χ0n) is 13.4. The predicted octanol–water partition coefficient (Wildman–Crippen LogP) is 1.07. The summed E-state index contributed by atoms with van der Waals surface area (Å²) in [5.74, 6) is 0.217. The lowest BCUT2D eigenvalue weighted by Gasteiger charge is -2.39. The van der Waals surface area contributed by atoms with Crippen LogP contribution in [0.3, 0.4) is 0 Å². The van der Waals surface area contributed by atoms with Crippen LogP contribution >= 0.6 is 0 Å². The molecule has 2 aromatic heterocycles. The van der Waals surface area contributed by atoms with Crippen molar-refractivity contribution < 1.29 is 4.79 Å². The van der Waals surface area contributed by atoms with Crippen LogP contribution in [0.4, 0.5) is 5.69 Å². The van der Waals surface area contributed by atoms with Gasteiger partial charge in [0.1, 0.15) is 0 Å². The first-order valence-corrected chi connectivity index (χ1v) is 8.25. The smallest absolute Gasteiger partial charge is 0.227 e. The Kier molecular flexibility index (Phi) is 3.65. The number of rotatable bonds is 5. The van der Waals surface area contributed by atoms with Crippen LogP contribution in [0.25, 0.3) is 0 Å². The van der Waals surface area contributed by atoms with E-state index in [1.54, 1.807) is 0 Å². The molecule has 2 aliphatic heterocycles. The number of amides is 1. The van der Waals surface area contributed by atoms with Crippen molar-refractivity contribution in [3.63, 3.8) is 0 Å². The number of nitrogens with zero attached hydrogens (tertiary/aromatic N) is 6.